The third-order valence-electron chi connectivity index (χ3n) is 3.20. The Bertz CT molecular complexity index is 983. The number of nitrogens with one attached hydrogen (secondary N) is 2. The van der Waals surface area contributed by atoms with Crippen molar-refractivity contribution < 1.29 is 23.1 Å². The van der Waals surface area contributed by atoms with Crippen LogP contribution in [0.25, 0.3) is 11.0 Å². The smallest absolute Gasteiger partial charge is 0.261 e. The second kappa shape index (κ2) is 5.53. The zero-order valence-corrected chi connectivity index (χ0v) is 11.6. The number of phenols is 1. The van der Waals surface area contributed by atoms with Crippen molar-refractivity contribution in [2.45, 2.75) is 0 Å². The maximum absolute atomic E-state index is 13.2. The maximum Gasteiger partial charge on any atom is 0.261 e. The van der Waals surface area contributed by atoms with E-state index < -0.39 is 23.1 Å². The van der Waals surface area contributed by atoms with Gasteiger partial charge in [0, 0.05) is 17.1 Å². The molecule has 0 atom stereocenters. The fourth-order valence-electron chi connectivity index (χ4n) is 2.09. The first-order chi connectivity index (χ1) is 11.0. The molecule has 0 fully saturated rings. The van der Waals surface area contributed by atoms with Gasteiger partial charge in [-0.3, -0.25) is 10.2 Å². The largest absolute Gasteiger partial charge is 0.504 e. The highest BCUT2D eigenvalue weighted by Crippen LogP contribution is 2.23. The zero-order valence-electron chi connectivity index (χ0n) is 11.6. The third kappa shape index (κ3) is 2.76. The summed E-state index contributed by atoms with van der Waals surface area (Å²) in [5.41, 5.74) is -0.432. The number of rotatable bonds is 2. The topological polar surface area (TPSA) is 86.3 Å². The molecule has 0 bridgehead atoms. The molecule has 7 heteroatoms. The zero-order chi connectivity index (χ0) is 16.6. The Balaban J connectivity index is 1.99. The Labute approximate surface area is 128 Å². The minimum atomic E-state index is -1.10. The monoisotopic (exact) mass is 316 g/mol. The van der Waals surface area contributed by atoms with Crippen LogP contribution >= 0.6 is 0 Å². The highest BCUT2D eigenvalue weighted by Gasteiger charge is 2.14. The van der Waals surface area contributed by atoms with Gasteiger partial charge in [0.15, 0.2) is 23.0 Å². The number of hydrogen-bond donors (Lipinski definition) is 3. The number of halogens is 2. The van der Waals surface area contributed by atoms with E-state index in [4.69, 9.17) is 9.83 Å². The van der Waals surface area contributed by atoms with Crippen molar-refractivity contribution >= 4 is 22.6 Å². The molecule has 1 amide bonds. The first-order valence-corrected chi connectivity index (χ1v) is 6.52. The van der Waals surface area contributed by atoms with Crippen LogP contribution in [0, 0.1) is 17.0 Å². The second-order valence-corrected chi connectivity index (χ2v) is 4.77. The van der Waals surface area contributed by atoms with Gasteiger partial charge in [0.1, 0.15) is 5.56 Å². The van der Waals surface area contributed by atoms with Crippen LogP contribution in [0.1, 0.15) is 10.4 Å². The molecule has 0 aliphatic heterocycles. The molecule has 3 aromatic rings. The van der Waals surface area contributed by atoms with E-state index in [9.17, 15) is 18.7 Å². The number of aromatic hydroxyl groups is 1. The third-order valence-corrected chi connectivity index (χ3v) is 3.20. The standard InChI is InChI=1S/C16H10F2N2O3/c17-11-5-4-9(7-12(11)18)20-16(22)10-6-8-2-1-3-13(21)14(8)23-15(10)19/h1-7,19,21H,(H,20,22). The van der Waals surface area contributed by atoms with E-state index in [0.717, 1.165) is 12.1 Å². The van der Waals surface area contributed by atoms with Gasteiger partial charge in [-0.25, -0.2) is 8.78 Å². The Kier molecular flexibility index (Phi) is 3.53. The first-order valence-electron chi connectivity index (χ1n) is 6.52. The summed E-state index contributed by atoms with van der Waals surface area (Å²) in [5.74, 6) is -2.99. The number of benzene rings is 2. The lowest BCUT2D eigenvalue weighted by Gasteiger charge is -2.07. The highest BCUT2D eigenvalue weighted by molar-refractivity contribution is 6.05. The summed E-state index contributed by atoms with van der Waals surface area (Å²) in [4.78, 5) is 12.2. The van der Waals surface area contributed by atoms with Gasteiger partial charge in [0.25, 0.3) is 5.91 Å². The van der Waals surface area contributed by atoms with E-state index in [1.165, 1.54) is 18.2 Å². The molecule has 1 heterocycles. The van der Waals surface area contributed by atoms with Gasteiger partial charge < -0.3 is 14.8 Å². The number of anilines is 1. The molecular weight excluding hydrogens is 306 g/mol. The minimum Gasteiger partial charge on any atom is -0.504 e. The van der Waals surface area contributed by atoms with Crippen molar-refractivity contribution in [3.05, 3.63) is 65.2 Å². The van der Waals surface area contributed by atoms with Gasteiger partial charge in [0.05, 0.1) is 0 Å². The first kappa shape index (κ1) is 14.7. The van der Waals surface area contributed by atoms with Gasteiger partial charge in [0.2, 0.25) is 5.55 Å². The normalized spacial score (nSPS) is 10.7. The molecule has 0 unspecified atom stereocenters. The van der Waals surface area contributed by atoms with E-state index in [-0.39, 0.29) is 22.6 Å². The SMILES string of the molecule is N=c1oc2c(O)cccc2cc1C(=O)Nc1ccc(F)c(F)c1. The predicted octanol–water partition coefficient (Wildman–Crippen LogP) is 3.15. The summed E-state index contributed by atoms with van der Waals surface area (Å²) in [6, 6.07) is 8.85. The lowest BCUT2D eigenvalue weighted by atomic mass is 10.1. The molecule has 0 radical (unpaired) electrons. The summed E-state index contributed by atoms with van der Waals surface area (Å²) in [6.45, 7) is 0. The fourth-order valence-corrected chi connectivity index (χ4v) is 2.09. The molecule has 0 spiro atoms. The summed E-state index contributed by atoms with van der Waals surface area (Å²) in [6.07, 6.45) is 0. The number of para-hydroxylation sites is 1. The number of phenolic OH excluding ortho intramolecular Hbond substituents is 1. The summed E-state index contributed by atoms with van der Waals surface area (Å²) < 4.78 is 31.2. The quantitative estimate of drug-likeness (QED) is 0.679. The van der Waals surface area contributed by atoms with Crippen LogP contribution in [0.2, 0.25) is 0 Å². The molecule has 3 N–H and O–H groups in total. The molecule has 0 aliphatic rings. The van der Waals surface area contributed by atoms with Crippen molar-refractivity contribution in [2.24, 2.45) is 0 Å². The molecule has 23 heavy (non-hydrogen) atoms. The van der Waals surface area contributed by atoms with Crippen LogP contribution in [0.3, 0.4) is 0 Å². The number of fused-ring (bicyclic) bond motifs is 1. The van der Waals surface area contributed by atoms with E-state index in [1.807, 2.05) is 0 Å². The van der Waals surface area contributed by atoms with Crippen LogP contribution < -0.4 is 10.9 Å². The lowest BCUT2D eigenvalue weighted by Crippen LogP contribution is -2.20. The van der Waals surface area contributed by atoms with E-state index in [0.29, 0.717) is 5.39 Å². The fraction of sp³-hybridized carbons (Fsp3) is 0. The average Bonchev–Trinajstić information content (AvgIpc) is 2.51. The van der Waals surface area contributed by atoms with Gasteiger partial charge in [-0.2, -0.15) is 0 Å². The highest BCUT2D eigenvalue weighted by atomic mass is 19.2. The van der Waals surface area contributed by atoms with Crippen LogP contribution in [0.4, 0.5) is 14.5 Å². The lowest BCUT2D eigenvalue weighted by molar-refractivity contribution is 0.102. The van der Waals surface area contributed by atoms with Crippen molar-refractivity contribution in [3.8, 4) is 5.75 Å². The predicted molar refractivity (Wildman–Crippen MR) is 78.0 cm³/mol. The molecule has 116 valence electrons. The molecule has 2 aromatic carbocycles. The molecule has 3 rings (SSSR count). The van der Waals surface area contributed by atoms with Gasteiger partial charge in [-0.15, -0.1) is 0 Å². The van der Waals surface area contributed by atoms with Gasteiger partial charge in [-0.05, 0) is 24.3 Å². The number of hydrogen-bond acceptors (Lipinski definition) is 4. The van der Waals surface area contributed by atoms with E-state index in [2.05, 4.69) is 5.32 Å². The molecule has 5 nitrogen and oxygen atoms in total. The number of carbonyl (C=O) groups excluding carboxylic acids is 1. The Morgan fingerprint density at radius 2 is 1.91 bits per heavy atom. The number of amides is 1. The van der Waals surface area contributed by atoms with Crippen molar-refractivity contribution in [1.29, 1.82) is 5.41 Å². The van der Waals surface area contributed by atoms with Crippen LogP contribution in [0.15, 0.2) is 46.9 Å². The molecule has 0 aliphatic carbocycles. The van der Waals surface area contributed by atoms with Gasteiger partial charge in [-0.1, -0.05) is 12.1 Å². The van der Waals surface area contributed by atoms with Gasteiger partial charge >= 0.3 is 0 Å². The molecule has 0 saturated heterocycles. The second-order valence-electron chi connectivity index (χ2n) is 4.77. The van der Waals surface area contributed by atoms with Crippen molar-refractivity contribution in [2.75, 3.05) is 5.32 Å². The number of carbonyl (C=O) groups is 1. The molecule has 0 saturated carbocycles. The van der Waals surface area contributed by atoms with Crippen LogP contribution in [0.5, 0.6) is 5.75 Å². The summed E-state index contributed by atoms with van der Waals surface area (Å²) in [5, 5.41) is 20.2. The Morgan fingerprint density at radius 3 is 2.65 bits per heavy atom. The molecular formula is C16H10F2N2O3. The van der Waals surface area contributed by atoms with Crippen LogP contribution in [-0.2, 0) is 0 Å². The minimum absolute atomic E-state index is 0.0457. The maximum atomic E-state index is 13.2. The average molecular weight is 316 g/mol. The van der Waals surface area contributed by atoms with Crippen molar-refractivity contribution in [3.63, 3.8) is 0 Å². The van der Waals surface area contributed by atoms with E-state index in [1.54, 1.807) is 12.1 Å². The summed E-state index contributed by atoms with van der Waals surface area (Å²) >= 11 is 0. The molecule has 1 aromatic heterocycles. The van der Waals surface area contributed by atoms with Crippen molar-refractivity contribution in [1.82, 2.24) is 0 Å². The van der Waals surface area contributed by atoms with Crippen LogP contribution in [-0.4, -0.2) is 11.0 Å². The van der Waals surface area contributed by atoms with E-state index >= 15 is 0 Å². The summed E-state index contributed by atoms with van der Waals surface area (Å²) in [7, 11) is 0. The Hall–Kier alpha value is -3.22. The Morgan fingerprint density at radius 1 is 1.13 bits per heavy atom.